The molecule has 0 unspecified atom stereocenters. The molecule has 2 heterocycles. The van der Waals surface area contributed by atoms with E-state index in [9.17, 15) is 5.11 Å². The summed E-state index contributed by atoms with van der Waals surface area (Å²) in [6.45, 7) is 43.4. The van der Waals surface area contributed by atoms with Gasteiger partial charge < -0.3 is 18.4 Å². The maximum Gasteiger partial charge on any atom is 0.192 e. The van der Waals surface area contributed by atoms with E-state index in [-0.39, 0.29) is 33.9 Å². The van der Waals surface area contributed by atoms with E-state index in [2.05, 4.69) is 148 Å². The molecule has 49 heavy (non-hydrogen) atoms. The number of aliphatic hydroxyl groups is 1. The number of thiazole rings is 2. The summed E-state index contributed by atoms with van der Waals surface area (Å²) in [5, 5.41) is 16.3. The van der Waals surface area contributed by atoms with E-state index in [1.54, 1.807) is 22.7 Å². The predicted molar refractivity (Wildman–Crippen MR) is 225 cm³/mol. The largest absolute Gasteiger partial charge is 0.417 e. The molecular weight excluding hydrogens is 697 g/mol. The molecule has 11 heteroatoms. The van der Waals surface area contributed by atoms with Crippen LogP contribution in [0.15, 0.2) is 21.9 Å². The first-order valence-corrected chi connectivity index (χ1v) is 28.3. The van der Waals surface area contributed by atoms with Crippen LogP contribution in [-0.4, -0.2) is 65.4 Å². The fourth-order valence-corrected chi connectivity index (χ4v) is 9.06. The third kappa shape index (κ3) is 15.0. The van der Waals surface area contributed by atoms with Crippen molar-refractivity contribution in [1.82, 2.24) is 9.97 Å². The molecule has 282 valence electrons. The topological polar surface area (TPSA) is 73.7 Å². The van der Waals surface area contributed by atoms with Crippen molar-refractivity contribution in [1.29, 1.82) is 0 Å². The lowest BCUT2D eigenvalue weighted by Gasteiger charge is -2.40. The van der Waals surface area contributed by atoms with Crippen LogP contribution in [0.4, 0.5) is 0 Å². The van der Waals surface area contributed by atoms with Gasteiger partial charge in [0.2, 0.25) is 0 Å². The lowest BCUT2D eigenvalue weighted by Crippen LogP contribution is -2.45. The number of hydrogen-bond acceptors (Lipinski definition) is 8. The van der Waals surface area contributed by atoms with Crippen molar-refractivity contribution >= 4 is 59.8 Å². The van der Waals surface area contributed by atoms with Gasteiger partial charge in [0.25, 0.3) is 0 Å². The van der Waals surface area contributed by atoms with E-state index in [0.29, 0.717) is 6.42 Å². The van der Waals surface area contributed by atoms with Crippen molar-refractivity contribution in [3.63, 3.8) is 0 Å². The van der Waals surface area contributed by atoms with Gasteiger partial charge in [-0.1, -0.05) is 62.3 Å². The molecule has 2 rings (SSSR count). The Labute approximate surface area is 312 Å². The number of aryl methyl sites for hydroxylation is 2. The molecule has 0 saturated carbocycles. The van der Waals surface area contributed by atoms with Gasteiger partial charge in [-0.15, -0.1) is 22.7 Å². The van der Waals surface area contributed by atoms with Crippen LogP contribution in [0.3, 0.4) is 0 Å². The SMILES string of the molecule is C/C(=C\c1csc(C)n1)[C@H](CCO)O[Si](C)(C)C(C)(C)C.C/C(=C\c1csc(C)n1)[C@H](CCO[Si](C)(C)C(C)(C)C)O[Si](C)(C)C(C)(C)C. The van der Waals surface area contributed by atoms with Gasteiger partial charge in [0, 0.05) is 24.0 Å². The summed E-state index contributed by atoms with van der Waals surface area (Å²) in [5.74, 6) is 0. The van der Waals surface area contributed by atoms with Gasteiger partial charge in [-0.05, 0) is 118 Å². The van der Waals surface area contributed by atoms with Crippen molar-refractivity contribution in [2.75, 3.05) is 13.2 Å². The van der Waals surface area contributed by atoms with Crippen molar-refractivity contribution in [2.24, 2.45) is 0 Å². The number of aromatic nitrogens is 2. The summed E-state index contributed by atoms with van der Waals surface area (Å²) in [5.41, 5.74) is 4.40. The third-order valence-electron chi connectivity index (χ3n) is 10.6. The van der Waals surface area contributed by atoms with Crippen LogP contribution in [-0.2, 0) is 13.3 Å². The van der Waals surface area contributed by atoms with Crippen LogP contribution < -0.4 is 0 Å². The molecule has 2 aromatic heterocycles. The highest BCUT2D eigenvalue weighted by Gasteiger charge is 2.41. The first-order valence-electron chi connectivity index (χ1n) is 17.8. The van der Waals surface area contributed by atoms with E-state index in [4.69, 9.17) is 13.3 Å². The van der Waals surface area contributed by atoms with Crippen LogP contribution in [0.1, 0.15) is 110 Å². The third-order valence-corrected chi connectivity index (χ3v) is 25.7. The van der Waals surface area contributed by atoms with Crippen molar-refractivity contribution in [3.05, 3.63) is 43.3 Å². The minimum atomic E-state index is -1.88. The molecule has 2 aromatic rings. The lowest BCUT2D eigenvalue weighted by molar-refractivity contribution is 0.166. The highest BCUT2D eigenvalue weighted by molar-refractivity contribution is 7.09. The summed E-state index contributed by atoms with van der Waals surface area (Å²) in [4.78, 5) is 9.08. The summed E-state index contributed by atoms with van der Waals surface area (Å²) in [6.07, 6.45) is 5.85. The van der Waals surface area contributed by atoms with E-state index in [1.165, 1.54) is 5.57 Å². The summed E-state index contributed by atoms with van der Waals surface area (Å²) >= 11 is 3.34. The maximum absolute atomic E-state index is 9.35. The number of nitrogens with zero attached hydrogens (tertiary/aromatic N) is 2. The minimum absolute atomic E-state index is 0.0297. The first kappa shape index (κ1) is 46.3. The average Bonchev–Trinajstić information content (AvgIpc) is 3.52. The molecule has 0 radical (unpaired) electrons. The smallest absolute Gasteiger partial charge is 0.192 e. The maximum atomic E-state index is 9.35. The summed E-state index contributed by atoms with van der Waals surface area (Å²) in [7, 11) is -5.47. The molecule has 0 aromatic carbocycles. The Bertz CT molecular complexity index is 1360. The quantitative estimate of drug-likeness (QED) is 0.193. The number of aliphatic hydroxyl groups excluding tert-OH is 1. The Hall–Kier alpha value is -0.769. The van der Waals surface area contributed by atoms with E-state index in [1.807, 2.05) is 13.8 Å². The Kier molecular flexibility index (Phi) is 17.3. The van der Waals surface area contributed by atoms with Crippen molar-refractivity contribution < 1.29 is 18.4 Å². The average molecular weight is 769 g/mol. The Morgan fingerprint density at radius 1 is 0.673 bits per heavy atom. The second-order valence-corrected chi connectivity index (χ2v) is 34.4. The molecule has 1 N–H and O–H groups in total. The minimum Gasteiger partial charge on any atom is -0.417 e. The molecule has 2 atom stereocenters. The van der Waals surface area contributed by atoms with Crippen LogP contribution in [0.5, 0.6) is 0 Å². The molecular formula is C38H72N2O4S2Si3. The van der Waals surface area contributed by atoms with E-state index >= 15 is 0 Å². The van der Waals surface area contributed by atoms with Crippen LogP contribution in [0.25, 0.3) is 12.2 Å². The van der Waals surface area contributed by atoms with Crippen LogP contribution in [0, 0.1) is 13.8 Å². The highest BCUT2D eigenvalue weighted by atomic mass is 32.1. The van der Waals surface area contributed by atoms with Crippen LogP contribution in [0.2, 0.25) is 54.4 Å². The van der Waals surface area contributed by atoms with Crippen molar-refractivity contribution in [2.45, 2.75) is 169 Å². The zero-order chi connectivity index (χ0) is 38.2. The normalized spacial score (nSPS) is 15.6. The standard InChI is InChI=1S/C22H43NO2SSi2.C16H29NO2SSi/c1-17(15-19-16-26-18(2)23-19)20(25-28(11,12)22(6,7)8)13-14-24-27(9,10)21(3,4)5;1-12(10-14-11-20-13(2)17-14)15(8-9-18)19-21(6,7)16(3,4)5/h15-16,20H,13-14H2,1-12H3;10-11,15,18H,8-9H2,1-7H3/b17-15+;12-10+/t20-;15-/m00/s1. The molecule has 0 spiro atoms. The fourth-order valence-electron chi connectivity index (χ4n) is 4.12. The van der Waals surface area contributed by atoms with Crippen molar-refractivity contribution in [3.8, 4) is 0 Å². The second-order valence-electron chi connectivity index (χ2n) is 18.0. The number of hydrogen-bond donors (Lipinski definition) is 1. The number of rotatable bonds is 14. The van der Waals surface area contributed by atoms with Gasteiger partial charge in [0.15, 0.2) is 25.0 Å². The van der Waals surface area contributed by atoms with E-state index in [0.717, 1.165) is 40.0 Å². The Morgan fingerprint density at radius 3 is 1.31 bits per heavy atom. The Morgan fingerprint density at radius 2 is 1.02 bits per heavy atom. The molecule has 0 fully saturated rings. The Balaban J connectivity index is 0.000000510. The van der Waals surface area contributed by atoms with Gasteiger partial charge in [0.1, 0.15) is 0 Å². The van der Waals surface area contributed by atoms with Gasteiger partial charge in [-0.3, -0.25) is 0 Å². The zero-order valence-electron chi connectivity index (χ0n) is 34.7. The highest BCUT2D eigenvalue weighted by Crippen LogP contribution is 2.40. The predicted octanol–water partition coefficient (Wildman–Crippen LogP) is 12.3. The summed E-state index contributed by atoms with van der Waals surface area (Å²) < 4.78 is 19.8. The van der Waals surface area contributed by atoms with Gasteiger partial charge in [-0.2, -0.15) is 0 Å². The zero-order valence-corrected chi connectivity index (χ0v) is 39.3. The molecule has 0 aliphatic carbocycles. The van der Waals surface area contributed by atoms with Gasteiger partial charge >= 0.3 is 0 Å². The first-order chi connectivity index (χ1) is 22.0. The van der Waals surface area contributed by atoms with Crippen LogP contribution >= 0.6 is 22.7 Å². The monoisotopic (exact) mass is 768 g/mol. The molecule has 0 saturated heterocycles. The molecule has 0 aliphatic rings. The molecule has 0 bridgehead atoms. The van der Waals surface area contributed by atoms with Gasteiger partial charge in [-0.25, -0.2) is 9.97 Å². The fraction of sp³-hybridized carbons (Fsp3) is 0.737. The molecule has 0 aliphatic heterocycles. The van der Waals surface area contributed by atoms with Gasteiger partial charge in [0.05, 0.1) is 33.6 Å². The second kappa shape index (κ2) is 18.3. The van der Waals surface area contributed by atoms with E-state index < -0.39 is 25.0 Å². The molecule has 0 amide bonds. The lowest BCUT2D eigenvalue weighted by atomic mass is 10.1. The summed E-state index contributed by atoms with van der Waals surface area (Å²) in [6, 6.07) is 0. The molecule has 6 nitrogen and oxygen atoms in total.